The van der Waals surface area contributed by atoms with Crippen LogP contribution in [0.5, 0.6) is 0 Å². The summed E-state index contributed by atoms with van der Waals surface area (Å²) in [4.78, 5) is 17.9. The third-order valence-corrected chi connectivity index (χ3v) is 6.10. The maximum absolute atomic E-state index is 13.0. The molecule has 0 radical (unpaired) electrons. The van der Waals surface area contributed by atoms with E-state index < -0.39 is 18.0 Å². The van der Waals surface area contributed by atoms with Gasteiger partial charge in [-0.1, -0.05) is 47.5 Å². The van der Waals surface area contributed by atoms with Crippen LogP contribution in [0.4, 0.5) is 19.0 Å². The van der Waals surface area contributed by atoms with Gasteiger partial charge in [0.1, 0.15) is 17.4 Å². The Kier molecular flexibility index (Phi) is 5.94. The molecule has 0 amide bonds. The highest BCUT2D eigenvalue weighted by Gasteiger charge is 2.39. The molecule has 0 spiro atoms. The number of hydrogen-bond donors (Lipinski definition) is 3. The highest BCUT2D eigenvalue weighted by molar-refractivity contribution is 6.36. The third-order valence-electron chi connectivity index (χ3n) is 5.55. The van der Waals surface area contributed by atoms with Crippen molar-refractivity contribution in [1.29, 1.82) is 0 Å². The molecule has 7 nitrogen and oxygen atoms in total. The van der Waals surface area contributed by atoms with Crippen molar-refractivity contribution in [3.63, 3.8) is 0 Å². The largest absolute Gasteiger partial charge is 0.432 e. The molecule has 1 unspecified atom stereocenters. The van der Waals surface area contributed by atoms with Crippen molar-refractivity contribution < 1.29 is 13.2 Å². The van der Waals surface area contributed by atoms with Crippen molar-refractivity contribution in [2.75, 3.05) is 12.4 Å². The summed E-state index contributed by atoms with van der Waals surface area (Å²) in [7, 11) is 1.60. The minimum atomic E-state index is -4.42. The number of H-pyrrole nitrogens is 1. The second-order valence-electron chi connectivity index (χ2n) is 7.97. The van der Waals surface area contributed by atoms with Crippen LogP contribution in [0.2, 0.25) is 10.0 Å². The SMILES string of the molecule is CN1C=C(C(F)(F)F)NC1c1ccc(CNc2nc(-c3ccc(Cl)cc3Cl)nc3nc[nH]c23)cc1. The van der Waals surface area contributed by atoms with E-state index >= 15 is 0 Å². The van der Waals surface area contributed by atoms with Gasteiger partial charge in [0.15, 0.2) is 17.3 Å². The van der Waals surface area contributed by atoms with Crippen LogP contribution in [0.25, 0.3) is 22.6 Å². The molecule has 1 aliphatic heterocycles. The van der Waals surface area contributed by atoms with Gasteiger partial charge in [-0.25, -0.2) is 15.0 Å². The molecule has 1 aliphatic rings. The molecule has 0 aliphatic carbocycles. The van der Waals surface area contributed by atoms with Crippen LogP contribution in [0.1, 0.15) is 17.3 Å². The first-order valence-corrected chi connectivity index (χ1v) is 11.2. The monoisotopic (exact) mass is 519 g/mol. The molecule has 35 heavy (non-hydrogen) atoms. The van der Waals surface area contributed by atoms with Crippen LogP contribution in [0.15, 0.2) is 60.7 Å². The fraction of sp³-hybridized carbons (Fsp3) is 0.174. The molecule has 180 valence electrons. The highest BCUT2D eigenvalue weighted by atomic mass is 35.5. The van der Waals surface area contributed by atoms with Gasteiger partial charge in [-0.3, -0.25) is 0 Å². The minimum Gasteiger partial charge on any atom is -0.364 e. The normalized spacial score (nSPS) is 15.9. The predicted octanol–water partition coefficient (Wildman–Crippen LogP) is 5.88. The van der Waals surface area contributed by atoms with Crippen molar-refractivity contribution in [2.45, 2.75) is 18.9 Å². The average Bonchev–Trinajstić information content (AvgIpc) is 3.44. The lowest BCUT2D eigenvalue weighted by molar-refractivity contribution is -0.0963. The zero-order chi connectivity index (χ0) is 24.7. The zero-order valence-corrected chi connectivity index (χ0v) is 19.7. The van der Waals surface area contributed by atoms with E-state index in [0.717, 1.165) is 11.8 Å². The van der Waals surface area contributed by atoms with E-state index in [1.165, 1.54) is 11.2 Å². The number of aromatic amines is 1. The van der Waals surface area contributed by atoms with E-state index in [1.54, 1.807) is 37.4 Å². The number of rotatable bonds is 5. The number of benzene rings is 2. The van der Waals surface area contributed by atoms with Crippen LogP contribution < -0.4 is 10.6 Å². The summed E-state index contributed by atoms with van der Waals surface area (Å²) in [6.07, 6.45) is -2.42. The van der Waals surface area contributed by atoms with Crippen molar-refractivity contribution in [1.82, 2.24) is 30.2 Å². The number of anilines is 1. The molecule has 0 saturated heterocycles. The Balaban J connectivity index is 1.34. The van der Waals surface area contributed by atoms with Crippen molar-refractivity contribution >= 4 is 40.2 Å². The van der Waals surface area contributed by atoms with E-state index in [2.05, 4.69) is 30.6 Å². The maximum Gasteiger partial charge on any atom is 0.432 e. The van der Waals surface area contributed by atoms with Gasteiger partial charge < -0.3 is 20.5 Å². The molecule has 0 saturated carbocycles. The lowest BCUT2D eigenvalue weighted by Gasteiger charge is -2.22. The molecule has 4 aromatic rings. The Morgan fingerprint density at radius 2 is 1.86 bits per heavy atom. The maximum atomic E-state index is 13.0. The first-order valence-electron chi connectivity index (χ1n) is 10.5. The van der Waals surface area contributed by atoms with E-state index in [-0.39, 0.29) is 0 Å². The molecule has 0 bridgehead atoms. The molecule has 2 aromatic heterocycles. The Labute approximate surface area is 208 Å². The molecular formula is C23H18Cl2F3N7. The average molecular weight is 520 g/mol. The summed E-state index contributed by atoms with van der Waals surface area (Å²) >= 11 is 12.3. The second kappa shape index (κ2) is 8.94. The summed E-state index contributed by atoms with van der Waals surface area (Å²) in [6.45, 7) is 0.416. The highest BCUT2D eigenvalue weighted by Crippen LogP contribution is 2.33. The van der Waals surface area contributed by atoms with E-state index in [9.17, 15) is 13.2 Å². The number of allylic oxidation sites excluding steroid dienone is 1. The minimum absolute atomic E-state index is 0.396. The number of hydrogen-bond acceptors (Lipinski definition) is 6. The van der Waals surface area contributed by atoms with Crippen molar-refractivity contribution in [3.8, 4) is 11.4 Å². The first-order chi connectivity index (χ1) is 16.7. The molecule has 3 heterocycles. The van der Waals surface area contributed by atoms with Crippen LogP contribution in [0.3, 0.4) is 0 Å². The smallest absolute Gasteiger partial charge is 0.364 e. The quantitative estimate of drug-likeness (QED) is 0.305. The Morgan fingerprint density at radius 3 is 2.54 bits per heavy atom. The van der Waals surface area contributed by atoms with Gasteiger partial charge in [-0.05, 0) is 29.3 Å². The van der Waals surface area contributed by atoms with Crippen LogP contribution in [-0.4, -0.2) is 38.1 Å². The Morgan fingerprint density at radius 1 is 1.09 bits per heavy atom. The zero-order valence-electron chi connectivity index (χ0n) is 18.2. The van der Waals surface area contributed by atoms with Crippen LogP contribution in [-0.2, 0) is 6.54 Å². The predicted molar refractivity (Wildman–Crippen MR) is 129 cm³/mol. The van der Waals surface area contributed by atoms with Crippen LogP contribution in [0, 0.1) is 0 Å². The van der Waals surface area contributed by atoms with Crippen molar-refractivity contribution in [3.05, 3.63) is 81.9 Å². The van der Waals surface area contributed by atoms with E-state index in [4.69, 9.17) is 23.2 Å². The van der Waals surface area contributed by atoms with Gasteiger partial charge in [0, 0.05) is 30.4 Å². The van der Waals surface area contributed by atoms with Crippen molar-refractivity contribution in [2.24, 2.45) is 0 Å². The number of aromatic nitrogens is 4. The third kappa shape index (κ3) is 4.71. The number of halogens is 5. The standard InChI is InChI=1S/C23H18Cl2F3N7/c1-35-10-17(23(26,27)28)32-22(35)13-4-2-12(3-5-13)9-29-20-18-21(31-11-30-18)34-19(33-20)15-7-6-14(24)8-16(15)25/h2-8,10-11,22,32H,9H2,1H3,(H2,29,30,31,33,34). The van der Waals surface area contributed by atoms with Gasteiger partial charge in [-0.15, -0.1) is 0 Å². The lowest BCUT2D eigenvalue weighted by atomic mass is 10.1. The number of nitrogens with zero attached hydrogens (tertiary/aromatic N) is 4. The number of nitrogens with one attached hydrogen (secondary N) is 3. The topological polar surface area (TPSA) is 81.8 Å². The number of alkyl halides is 3. The number of fused-ring (bicyclic) bond motifs is 1. The van der Waals surface area contributed by atoms with Gasteiger partial charge in [0.2, 0.25) is 0 Å². The second-order valence-corrected chi connectivity index (χ2v) is 8.81. The van der Waals surface area contributed by atoms with E-state index in [1.807, 2.05) is 12.1 Å². The molecular weight excluding hydrogens is 502 g/mol. The summed E-state index contributed by atoms with van der Waals surface area (Å²) in [6, 6.07) is 12.4. The Bertz CT molecular complexity index is 1420. The molecule has 12 heteroatoms. The molecule has 2 aromatic carbocycles. The fourth-order valence-corrected chi connectivity index (χ4v) is 4.29. The summed E-state index contributed by atoms with van der Waals surface area (Å²) in [5.41, 5.74) is 2.59. The fourth-order valence-electron chi connectivity index (χ4n) is 3.79. The Hall–Kier alpha value is -3.50. The van der Waals surface area contributed by atoms with Gasteiger partial charge in [0.05, 0.1) is 11.3 Å². The summed E-state index contributed by atoms with van der Waals surface area (Å²) in [5.74, 6) is 0.932. The van der Waals surface area contributed by atoms with Gasteiger partial charge in [0.25, 0.3) is 0 Å². The van der Waals surface area contributed by atoms with Gasteiger partial charge in [-0.2, -0.15) is 13.2 Å². The summed E-state index contributed by atoms with van der Waals surface area (Å²) < 4.78 is 39.1. The first kappa shape index (κ1) is 23.3. The molecule has 1 atom stereocenters. The lowest BCUT2D eigenvalue weighted by Crippen LogP contribution is -2.28. The molecule has 3 N–H and O–H groups in total. The van der Waals surface area contributed by atoms with Gasteiger partial charge >= 0.3 is 6.18 Å². The van der Waals surface area contributed by atoms with Crippen LogP contribution >= 0.6 is 23.2 Å². The number of imidazole rings is 1. The molecule has 5 rings (SSSR count). The summed E-state index contributed by atoms with van der Waals surface area (Å²) in [5, 5.41) is 6.72. The molecule has 0 fully saturated rings. The van der Waals surface area contributed by atoms with E-state index in [0.29, 0.717) is 50.5 Å².